The van der Waals surface area contributed by atoms with Gasteiger partial charge in [0.05, 0.1) is 31.7 Å². The number of hydrogen-bond acceptors (Lipinski definition) is 7. The topological polar surface area (TPSA) is 128 Å². The third-order valence-corrected chi connectivity index (χ3v) is 4.55. The zero-order chi connectivity index (χ0) is 18.1. The van der Waals surface area contributed by atoms with E-state index in [1.807, 2.05) is 12.1 Å². The number of carbonyl (C=O) groups excluding carboxylic acids is 1. The summed E-state index contributed by atoms with van der Waals surface area (Å²) >= 11 is 7.07. The monoisotopic (exact) mass is 378 g/mol. The summed E-state index contributed by atoms with van der Waals surface area (Å²) in [6.07, 6.45) is 0. The van der Waals surface area contributed by atoms with E-state index in [0.717, 1.165) is 10.8 Å². The maximum Gasteiger partial charge on any atom is 0.295 e. The highest BCUT2D eigenvalue weighted by Gasteiger charge is 2.26. The van der Waals surface area contributed by atoms with Gasteiger partial charge in [0, 0.05) is 6.07 Å². The first-order valence-corrected chi connectivity index (χ1v) is 7.85. The van der Waals surface area contributed by atoms with E-state index in [9.17, 15) is 25.0 Å². The summed E-state index contributed by atoms with van der Waals surface area (Å²) in [6, 6.07) is 8.76. The molecule has 0 aliphatic rings. The van der Waals surface area contributed by atoms with Crippen LogP contribution in [0.5, 0.6) is 0 Å². The van der Waals surface area contributed by atoms with Crippen LogP contribution in [0.25, 0.3) is 10.2 Å². The fourth-order valence-corrected chi connectivity index (χ4v) is 3.21. The van der Waals surface area contributed by atoms with Crippen LogP contribution in [0.4, 0.5) is 16.5 Å². The average molecular weight is 379 g/mol. The van der Waals surface area contributed by atoms with Gasteiger partial charge in [-0.15, -0.1) is 0 Å². The molecule has 0 bridgehead atoms. The lowest BCUT2D eigenvalue weighted by Crippen LogP contribution is -2.13. The second-order valence-corrected chi connectivity index (χ2v) is 6.19. The number of nitro groups is 2. The molecule has 11 heteroatoms. The molecule has 0 radical (unpaired) electrons. The Bertz CT molecular complexity index is 1000. The van der Waals surface area contributed by atoms with Crippen LogP contribution < -0.4 is 5.32 Å². The fourth-order valence-electron chi connectivity index (χ4n) is 2.09. The highest BCUT2D eigenvalue weighted by Crippen LogP contribution is 2.34. The van der Waals surface area contributed by atoms with Crippen molar-refractivity contribution in [1.29, 1.82) is 0 Å². The van der Waals surface area contributed by atoms with Crippen molar-refractivity contribution in [2.45, 2.75) is 0 Å². The van der Waals surface area contributed by atoms with Crippen LogP contribution >= 0.6 is 22.9 Å². The fraction of sp³-hybridized carbons (Fsp3) is 0. The Labute approximate surface area is 148 Å². The molecular weight excluding hydrogens is 372 g/mol. The van der Waals surface area contributed by atoms with Gasteiger partial charge >= 0.3 is 0 Å². The lowest BCUT2D eigenvalue weighted by molar-refractivity contribution is -0.394. The minimum absolute atomic E-state index is 0.247. The van der Waals surface area contributed by atoms with Gasteiger partial charge < -0.3 is 0 Å². The van der Waals surface area contributed by atoms with Gasteiger partial charge in [0.2, 0.25) is 0 Å². The van der Waals surface area contributed by atoms with Crippen LogP contribution in [0.2, 0.25) is 5.02 Å². The average Bonchev–Trinajstić information content (AvgIpc) is 2.96. The molecule has 25 heavy (non-hydrogen) atoms. The number of nitro benzene ring substituents is 2. The van der Waals surface area contributed by atoms with E-state index in [1.54, 1.807) is 12.1 Å². The molecule has 0 saturated carbocycles. The van der Waals surface area contributed by atoms with Crippen molar-refractivity contribution in [2.75, 3.05) is 5.32 Å². The summed E-state index contributed by atoms with van der Waals surface area (Å²) in [4.78, 5) is 36.8. The maximum absolute atomic E-state index is 12.4. The number of amides is 1. The molecule has 0 aliphatic carbocycles. The van der Waals surface area contributed by atoms with Crippen molar-refractivity contribution >= 4 is 55.6 Å². The van der Waals surface area contributed by atoms with Gasteiger partial charge in [0.1, 0.15) is 5.02 Å². The molecule has 1 heterocycles. The Hall–Kier alpha value is -3.11. The first-order chi connectivity index (χ1) is 11.9. The zero-order valence-electron chi connectivity index (χ0n) is 12.1. The Morgan fingerprint density at radius 1 is 1.16 bits per heavy atom. The van der Waals surface area contributed by atoms with Gasteiger partial charge in [-0.05, 0) is 12.1 Å². The summed E-state index contributed by atoms with van der Waals surface area (Å²) in [6.45, 7) is 0. The zero-order valence-corrected chi connectivity index (χ0v) is 13.7. The van der Waals surface area contributed by atoms with Crippen LogP contribution in [0, 0.1) is 20.2 Å². The number of carbonyl (C=O) groups is 1. The molecule has 0 spiro atoms. The molecule has 0 atom stereocenters. The van der Waals surface area contributed by atoms with Crippen LogP contribution in [0.3, 0.4) is 0 Å². The third kappa shape index (κ3) is 3.25. The lowest BCUT2D eigenvalue weighted by Gasteiger charge is -2.05. The number of hydrogen-bond donors (Lipinski definition) is 1. The Morgan fingerprint density at radius 2 is 1.88 bits per heavy atom. The molecule has 126 valence electrons. The molecule has 1 aromatic heterocycles. The largest absolute Gasteiger partial charge is 0.298 e. The second-order valence-electron chi connectivity index (χ2n) is 4.78. The van der Waals surface area contributed by atoms with Gasteiger partial charge in [-0.2, -0.15) is 0 Å². The standard InChI is InChI=1S/C14H7ClN4O5S/c15-12-8(5-7(18(21)22)6-10(12)19(23)24)13(20)17-14-16-9-3-1-2-4-11(9)25-14/h1-6H,(H,16,17,20). The highest BCUT2D eigenvalue weighted by molar-refractivity contribution is 7.22. The number of halogens is 1. The predicted octanol–water partition coefficient (Wildman–Crippen LogP) is 4.02. The second kappa shape index (κ2) is 6.42. The molecule has 2 aromatic carbocycles. The molecule has 3 aromatic rings. The van der Waals surface area contributed by atoms with E-state index in [1.165, 1.54) is 11.3 Å². The first kappa shape index (κ1) is 16.7. The SMILES string of the molecule is O=C(Nc1nc2ccccc2s1)c1cc([N+](=O)[O-])cc([N+](=O)[O-])c1Cl. The molecule has 0 fully saturated rings. The summed E-state index contributed by atoms with van der Waals surface area (Å²) in [7, 11) is 0. The van der Waals surface area contributed by atoms with Gasteiger partial charge in [-0.25, -0.2) is 4.98 Å². The van der Waals surface area contributed by atoms with Gasteiger partial charge in [-0.1, -0.05) is 35.1 Å². The van der Waals surface area contributed by atoms with E-state index in [4.69, 9.17) is 11.6 Å². The van der Waals surface area contributed by atoms with Crippen molar-refractivity contribution in [1.82, 2.24) is 4.98 Å². The number of thiazole rings is 1. The molecule has 1 amide bonds. The number of para-hydroxylation sites is 1. The Kier molecular flexibility index (Phi) is 4.30. The lowest BCUT2D eigenvalue weighted by atomic mass is 10.1. The number of non-ortho nitro benzene ring substituents is 1. The van der Waals surface area contributed by atoms with Gasteiger partial charge in [0.15, 0.2) is 5.13 Å². The van der Waals surface area contributed by atoms with Crippen LogP contribution in [0.15, 0.2) is 36.4 Å². The molecule has 9 nitrogen and oxygen atoms in total. The molecule has 0 saturated heterocycles. The smallest absolute Gasteiger partial charge is 0.295 e. The van der Waals surface area contributed by atoms with Crippen LogP contribution in [-0.4, -0.2) is 20.7 Å². The number of rotatable bonds is 4. The quantitative estimate of drug-likeness (QED) is 0.539. The minimum Gasteiger partial charge on any atom is -0.298 e. The van der Waals surface area contributed by atoms with Crippen molar-refractivity contribution in [3.05, 3.63) is 67.2 Å². The predicted molar refractivity (Wildman–Crippen MR) is 92.3 cm³/mol. The molecule has 0 aliphatic heterocycles. The number of benzene rings is 2. The Balaban J connectivity index is 2.00. The molecule has 3 rings (SSSR count). The summed E-state index contributed by atoms with van der Waals surface area (Å²) < 4.78 is 0.828. The third-order valence-electron chi connectivity index (χ3n) is 3.20. The van der Waals surface area contributed by atoms with Crippen LogP contribution in [0.1, 0.15) is 10.4 Å². The van der Waals surface area contributed by atoms with Crippen LogP contribution in [-0.2, 0) is 0 Å². The van der Waals surface area contributed by atoms with Crippen molar-refractivity contribution in [2.24, 2.45) is 0 Å². The first-order valence-electron chi connectivity index (χ1n) is 6.66. The number of nitrogens with zero attached hydrogens (tertiary/aromatic N) is 3. The van der Waals surface area contributed by atoms with Gasteiger partial charge in [-0.3, -0.25) is 30.3 Å². The Morgan fingerprint density at radius 3 is 2.52 bits per heavy atom. The van der Waals surface area contributed by atoms with E-state index in [0.29, 0.717) is 11.6 Å². The van der Waals surface area contributed by atoms with E-state index in [2.05, 4.69) is 10.3 Å². The van der Waals surface area contributed by atoms with E-state index < -0.39 is 32.2 Å². The summed E-state index contributed by atoms with van der Waals surface area (Å²) in [5.41, 5.74) is -1.03. The van der Waals surface area contributed by atoms with E-state index in [-0.39, 0.29) is 10.7 Å². The van der Waals surface area contributed by atoms with Crippen molar-refractivity contribution in [3.63, 3.8) is 0 Å². The summed E-state index contributed by atoms with van der Waals surface area (Å²) in [5.74, 6) is -0.823. The molecule has 1 N–H and O–H groups in total. The number of nitrogens with one attached hydrogen (secondary N) is 1. The molecule has 0 unspecified atom stereocenters. The highest BCUT2D eigenvalue weighted by atomic mass is 35.5. The number of aromatic nitrogens is 1. The normalized spacial score (nSPS) is 10.6. The minimum atomic E-state index is -0.885. The molecular formula is C14H7ClN4O5S. The summed E-state index contributed by atoms with van der Waals surface area (Å²) in [5, 5.41) is 24.2. The van der Waals surface area contributed by atoms with Crippen molar-refractivity contribution in [3.8, 4) is 0 Å². The maximum atomic E-state index is 12.4. The van der Waals surface area contributed by atoms with Gasteiger partial charge in [0.25, 0.3) is 17.3 Å². The number of anilines is 1. The van der Waals surface area contributed by atoms with Crippen molar-refractivity contribution < 1.29 is 14.6 Å². The number of fused-ring (bicyclic) bond motifs is 1. The van der Waals surface area contributed by atoms with E-state index >= 15 is 0 Å².